The number of rotatable bonds is 7. The maximum Gasteiger partial charge on any atom is 0.240 e. The molecule has 1 unspecified atom stereocenters. The number of aryl methyl sites for hydroxylation is 2. The summed E-state index contributed by atoms with van der Waals surface area (Å²) in [7, 11) is 0.101. The highest BCUT2D eigenvalue weighted by molar-refractivity contribution is 7.89. The predicted octanol–water partition coefficient (Wildman–Crippen LogP) is 3.13. The molecule has 0 bridgehead atoms. The third-order valence-electron chi connectivity index (χ3n) is 4.30. The van der Waals surface area contributed by atoms with Crippen molar-refractivity contribution < 1.29 is 17.3 Å². The van der Waals surface area contributed by atoms with Crippen molar-refractivity contribution in [3.05, 3.63) is 60.1 Å². The number of sulfonamides is 1. The van der Waals surface area contributed by atoms with Crippen LogP contribution in [0.5, 0.6) is 0 Å². The van der Waals surface area contributed by atoms with E-state index >= 15 is 0 Å². The number of nitrogens with one attached hydrogen (secondary N) is 1. The van der Waals surface area contributed by atoms with Gasteiger partial charge in [-0.3, -0.25) is 4.90 Å². The number of benzene rings is 1. The Labute approximate surface area is 159 Å². The quantitative estimate of drug-likeness (QED) is 0.668. The molecule has 0 radical (unpaired) electrons. The summed E-state index contributed by atoms with van der Waals surface area (Å²) in [5, 5.41) is 0. The fourth-order valence-electron chi connectivity index (χ4n) is 2.88. The van der Waals surface area contributed by atoms with Crippen LogP contribution in [0.1, 0.15) is 23.5 Å². The van der Waals surface area contributed by atoms with Gasteiger partial charge in [0.25, 0.3) is 0 Å². The zero-order chi connectivity index (χ0) is 19.6. The van der Waals surface area contributed by atoms with Gasteiger partial charge in [-0.25, -0.2) is 18.1 Å². The summed E-state index contributed by atoms with van der Waals surface area (Å²) >= 11 is 0. The van der Waals surface area contributed by atoms with Gasteiger partial charge >= 0.3 is 0 Å². The van der Waals surface area contributed by atoms with Gasteiger partial charge in [0, 0.05) is 19.0 Å². The Hall–Kier alpha value is -2.42. The van der Waals surface area contributed by atoms with Crippen LogP contribution in [0.2, 0.25) is 0 Å². The Morgan fingerprint density at radius 1 is 1.15 bits per heavy atom. The summed E-state index contributed by atoms with van der Waals surface area (Å²) in [5.41, 5.74) is 1.53. The lowest BCUT2D eigenvalue weighted by atomic mass is 10.1. The first kappa shape index (κ1) is 19.3. The van der Waals surface area contributed by atoms with Crippen molar-refractivity contribution in [2.45, 2.75) is 24.8 Å². The first-order valence-corrected chi connectivity index (χ1v) is 10.00. The lowest BCUT2D eigenvalue weighted by Gasteiger charge is -2.22. The van der Waals surface area contributed by atoms with Crippen LogP contribution < -0.4 is 4.72 Å². The number of nitrogens with zero attached hydrogens (tertiary/aromatic N) is 2. The molecular weight excluding hydrogens is 366 g/mol. The lowest BCUT2D eigenvalue weighted by molar-refractivity contribution is 0.259. The smallest absolute Gasteiger partial charge is 0.240 e. The maximum absolute atomic E-state index is 12.7. The van der Waals surface area contributed by atoms with Crippen LogP contribution in [0.25, 0.3) is 11.3 Å². The van der Waals surface area contributed by atoms with E-state index in [1.807, 2.05) is 32.0 Å². The topological polar surface area (TPSA) is 88.6 Å². The molecule has 2 heterocycles. The highest BCUT2D eigenvalue weighted by Crippen LogP contribution is 2.25. The summed E-state index contributed by atoms with van der Waals surface area (Å²) < 4.78 is 38.8. The number of furan rings is 1. The van der Waals surface area contributed by atoms with Crippen LogP contribution in [0.4, 0.5) is 0 Å². The van der Waals surface area contributed by atoms with E-state index in [-0.39, 0.29) is 17.5 Å². The van der Waals surface area contributed by atoms with Gasteiger partial charge in [0.15, 0.2) is 5.89 Å². The molecule has 27 heavy (non-hydrogen) atoms. The maximum atomic E-state index is 12.7. The van der Waals surface area contributed by atoms with Crippen molar-refractivity contribution in [3.8, 4) is 11.3 Å². The van der Waals surface area contributed by atoms with Crippen molar-refractivity contribution in [2.24, 2.45) is 0 Å². The van der Waals surface area contributed by atoms with E-state index in [2.05, 4.69) is 9.71 Å². The fraction of sp³-hybridized carbons (Fsp3) is 0.316. The molecule has 3 aromatic rings. The molecule has 1 N–H and O–H groups in total. The van der Waals surface area contributed by atoms with Gasteiger partial charge < -0.3 is 8.83 Å². The Kier molecular flexibility index (Phi) is 5.50. The van der Waals surface area contributed by atoms with Gasteiger partial charge in [0.1, 0.15) is 17.2 Å². The molecule has 0 saturated carbocycles. The van der Waals surface area contributed by atoms with E-state index in [0.717, 1.165) is 11.3 Å². The number of oxazole rings is 1. The molecule has 1 atom stereocenters. The number of aromatic nitrogens is 1. The van der Waals surface area contributed by atoms with Crippen LogP contribution >= 0.6 is 0 Å². The molecule has 0 amide bonds. The molecule has 0 aliphatic rings. The third-order valence-corrected chi connectivity index (χ3v) is 5.74. The first-order chi connectivity index (χ1) is 12.8. The lowest BCUT2D eigenvalue weighted by Crippen LogP contribution is -2.34. The average molecular weight is 389 g/mol. The highest BCUT2D eigenvalue weighted by atomic mass is 32.2. The van der Waals surface area contributed by atoms with Crippen LogP contribution in [0.3, 0.4) is 0 Å². The minimum atomic E-state index is -3.65. The summed E-state index contributed by atoms with van der Waals surface area (Å²) in [6, 6.07) is 10.0. The van der Waals surface area contributed by atoms with Crippen molar-refractivity contribution in [1.29, 1.82) is 0 Å². The van der Waals surface area contributed by atoms with E-state index in [1.165, 1.54) is 0 Å². The summed E-state index contributed by atoms with van der Waals surface area (Å²) in [6.07, 6.45) is 1.58. The number of hydrogen-bond donors (Lipinski definition) is 1. The summed E-state index contributed by atoms with van der Waals surface area (Å²) in [6.45, 7) is 3.81. The van der Waals surface area contributed by atoms with E-state index < -0.39 is 10.0 Å². The van der Waals surface area contributed by atoms with E-state index in [4.69, 9.17) is 8.83 Å². The molecule has 0 aliphatic carbocycles. The second kappa shape index (κ2) is 7.67. The molecule has 2 aromatic heterocycles. The molecule has 144 valence electrons. The Bertz CT molecular complexity index is 990. The molecule has 0 fully saturated rings. The molecule has 0 saturated heterocycles. The van der Waals surface area contributed by atoms with Crippen LogP contribution in [-0.2, 0) is 10.0 Å². The Morgan fingerprint density at radius 3 is 2.37 bits per heavy atom. The minimum Gasteiger partial charge on any atom is -0.468 e. The minimum absolute atomic E-state index is 0.195. The van der Waals surface area contributed by atoms with Crippen molar-refractivity contribution in [2.75, 3.05) is 20.6 Å². The van der Waals surface area contributed by atoms with E-state index in [9.17, 15) is 8.42 Å². The molecule has 3 rings (SSSR count). The second-order valence-corrected chi connectivity index (χ2v) is 8.28. The first-order valence-electron chi connectivity index (χ1n) is 8.52. The SMILES string of the molecule is Cc1nc(-c2ccc(S(=O)(=O)NCC(c3ccco3)N(C)C)cc2)c(C)o1. The fourth-order valence-corrected chi connectivity index (χ4v) is 3.92. The summed E-state index contributed by atoms with van der Waals surface area (Å²) in [4.78, 5) is 6.43. The predicted molar refractivity (Wildman–Crippen MR) is 102 cm³/mol. The number of likely N-dealkylation sites (N-methyl/N-ethyl adjacent to an activating group) is 1. The van der Waals surface area contributed by atoms with Gasteiger partial charge in [-0.1, -0.05) is 12.1 Å². The van der Waals surface area contributed by atoms with Gasteiger partial charge in [0.05, 0.1) is 17.2 Å². The highest BCUT2D eigenvalue weighted by Gasteiger charge is 2.21. The zero-order valence-electron chi connectivity index (χ0n) is 15.8. The molecule has 0 spiro atoms. The molecule has 1 aromatic carbocycles. The van der Waals surface area contributed by atoms with Gasteiger partial charge in [-0.05, 0) is 45.3 Å². The van der Waals surface area contributed by atoms with Gasteiger partial charge in [-0.15, -0.1) is 0 Å². The van der Waals surface area contributed by atoms with E-state index in [0.29, 0.717) is 17.4 Å². The van der Waals surface area contributed by atoms with Crippen LogP contribution in [-0.4, -0.2) is 38.9 Å². The Balaban J connectivity index is 1.76. The van der Waals surface area contributed by atoms with Gasteiger partial charge in [0.2, 0.25) is 10.0 Å². The number of hydrogen-bond acceptors (Lipinski definition) is 6. The zero-order valence-corrected chi connectivity index (χ0v) is 16.6. The second-order valence-electron chi connectivity index (χ2n) is 6.51. The Morgan fingerprint density at radius 2 is 1.85 bits per heavy atom. The average Bonchev–Trinajstić information content (AvgIpc) is 3.24. The van der Waals surface area contributed by atoms with E-state index in [1.54, 1.807) is 43.5 Å². The van der Waals surface area contributed by atoms with Crippen molar-refractivity contribution in [1.82, 2.24) is 14.6 Å². The van der Waals surface area contributed by atoms with Gasteiger partial charge in [-0.2, -0.15) is 0 Å². The third kappa shape index (κ3) is 4.29. The summed E-state index contributed by atoms with van der Waals surface area (Å²) in [5.74, 6) is 1.98. The molecule has 8 heteroatoms. The van der Waals surface area contributed by atoms with Crippen LogP contribution in [0.15, 0.2) is 56.4 Å². The van der Waals surface area contributed by atoms with Crippen molar-refractivity contribution >= 4 is 10.0 Å². The largest absolute Gasteiger partial charge is 0.468 e. The van der Waals surface area contributed by atoms with Crippen LogP contribution in [0, 0.1) is 13.8 Å². The monoisotopic (exact) mass is 389 g/mol. The molecule has 7 nitrogen and oxygen atoms in total. The molecular formula is C19H23N3O4S. The van der Waals surface area contributed by atoms with Crippen molar-refractivity contribution in [3.63, 3.8) is 0 Å². The standard InChI is InChI=1S/C19H23N3O4S/c1-13-19(21-14(2)26-13)15-7-9-16(10-8-15)27(23,24)20-12-17(22(3)4)18-6-5-11-25-18/h5-11,17,20H,12H2,1-4H3. The normalized spacial score (nSPS) is 13.2. The molecule has 0 aliphatic heterocycles.